The fourth-order valence-electron chi connectivity index (χ4n) is 3.87. The summed E-state index contributed by atoms with van der Waals surface area (Å²) in [4.78, 5) is 14.8. The van der Waals surface area contributed by atoms with E-state index in [9.17, 15) is 4.79 Å². The van der Waals surface area contributed by atoms with E-state index in [-0.39, 0.29) is 5.92 Å². The third-order valence-corrected chi connectivity index (χ3v) is 5.59. The fraction of sp³-hybridized carbons (Fsp3) is 0.588. The summed E-state index contributed by atoms with van der Waals surface area (Å²) in [5.74, 6) is -0.00996. The standard InChI is InChI=1S/C17H20BrNO3/c18-15-2-1-12-9-14(10-13(12)11-15)16(20)19-5-3-17(4-6-19)21-7-8-22-17/h1-2,11,14H,3-10H2. The van der Waals surface area contributed by atoms with Crippen LogP contribution in [0.2, 0.25) is 0 Å². The van der Waals surface area contributed by atoms with Crippen LogP contribution in [0.4, 0.5) is 0 Å². The van der Waals surface area contributed by atoms with Gasteiger partial charge in [0.1, 0.15) is 0 Å². The minimum atomic E-state index is -0.402. The van der Waals surface area contributed by atoms with Gasteiger partial charge in [-0.05, 0) is 36.1 Å². The number of hydrogen-bond acceptors (Lipinski definition) is 3. The monoisotopic (exact) mass is 365 g/mol. The molecule has 1 amide bonds. The van der Waals surface area contributed by atoms with Crippen molar-refractivity contribution < 1.29 is 14.3 Å². The number of piperidine rings is 1. The summed E-state index contributed by atoms with van der Waals surface area (Å²) in [6.45, 7) is 2.85. The van der Waals surface area contributed by atoms with Crippen molar-refractivity contribution >= 4 is 21.8 Å². The second kappa shape index (κ2) is 5.62. The van der Waals surface area contributed by atoms with Gasteiger partial charge in [0, 0.05) is 36.3 Å². The van der Waals surface area contributed by atoms with Crippen molar-refractivity contribution in [1.82, 2.24) is 4.90 Å². The largest absolute Gasteiger partial charge is 0.347 e. The second-order valence-electron chi connectivity index (χ2n) is 6.45. The van der Waals surface area contributed by atoms with Crippen LogP contribution in [0.5, 0.6) is 0 Å². The number of fused-ring (bicyclic) bond motifs is 1. The molecule has 2 heterocycles. The van der Waals surface area contributed by atoms with Crippen LogP contribution in [0.3, 0.4) is 0 Å². The van der Waals surface area contributed by atoms with Gasteiger partial charge in [-0.15, -0.1) is 0 Å². The number of rotatable bonds is 1. The zero-order chi connectivity index (χ0) is 15.2. The molecular formula is C17H20BrNO3. The van der Waals surface area contributed by atoms with Crippen molar-refractivity contribution in [3.8, 4) is 0 Å². The summed E-state index contributed by atoms with van der Waals surface area (Å²) in [6.07, 6.45) is 3.33. The normalized spacial score (nSPS) is 26.4. The van der Waals surface area contributed by atoms with Gasteiger partial charge in [-0.25, -0.2) is 0 Å². The van der Waals surface area contributed by atoms with Crippen molar-refractivity contribution in [3.63, 3.8) is 0 Å². The number of nitrogens with zero attached hydrogens (tertiary/aromatic N) is 1. The second-order valence-corrected chi connectivity index (χ2v) is 7.37. The molecule has 22 heavy (non-hydrogen) atoms. The van der Waals surface area contributed by atoms with Gasteiger partial charge in [-0.1, -0.05) is 22.0 Å². The van der Waals surface area contributed by atoms with Crippen molar-refractivity contribution in [2.24, 2.45) is 5.92 Å². The van der Waals surface area contributed by atoms with E-state index in [1.165, 1.54) is 11.1 Å². The van der Waals surface area contributed by atoms with Gasteiger partial charge in [0.25, 0.3) is 0 Å². The van der Waals surface area contributed by atoms with Crippen LogP contribution in [0.15, 0.2) is 22.7 Å². The van der Waals surface area contributed by atoms with Crippen molar-refractivity contribution in [3.05, 3.63) is 33.8 Å². The lowest BCUT2D eigenvalue weighted by molar-refractivity contribution is -0.188. The summed E-state index contributed by atoms with van der Waals surface area (Å²) in [7, 11) is 0. The molecule has 4 rings (SSSR count). The summed E-state index contributed by atoms with van der Waals surface area (Å²) in [6, 6.07) is 6.34. The Morgan fingerprint density at radius 1 is 1.14 bits per heavy atom. The summed E-state index contributed by atoms with van der Waals surface area (Å²) < 4.78 is 12.6. The van der Waals surface area contributed by atoms with E-state index in [1.807, 2.05) is 4.90 Å². The van der Waals surface area contributed by atoms with E-state index in [0.29, 0.717) is 19.1 Å². The lowest BCUT2D eigenvalue weighted by Crippen LogP contribution is -2.49. The Kier molecular flexibility index (Phi) is 3.75. The highest BCUT2D eigenvalue weighted by molar-refractivity contribution is 9.10. The topological polar surface area (TPSA) is 38.8 Å². The highest BCUT2D eigenvalue weighted by atomic mass is 79.9. The Hall–Kier alpha value is -0.910. The van der Waals surface area contributed by atoms with Crippen LogP contribution in [0.25, 0.3) is 0 Å². The van der Waals surface area contributed by atoms with Gasteiger partial charge in [-0.3, -0.25) is 4.79 Å². The molecule has 1 aromatic carbocycles. The number of amides is 1. The Bertz CT molecular complexity index is 588. The first-order valence-corrected chi connectivity index (χ1v) is 8.79. The maximum Gasteiger partial charge on any atom is 0.226 e. The SMILES string of the molecule is O=C(C1Cc2ccc(Br)cc2C1)N1CCC2(CC1)OCCO2. The Morgan fingerprint density at radius 2 is 1.82 bits per heavy atom. The molecule has 2 fully saturated rings. The first kappa shape index (κ1) is 14.7. The minimum absolute atomic E-state index is 0.101. The number of carbonyl (C=O) groups is 1. The van der Waals surface area contributed by atoms with Gasteiger partial charge >= 0.3 is 0 Å². The number of halogens is 1. The molecule has 1 atom stereocenters. The van der Waals surface area contributed by atoms with Gasteiger partial charge in [0.2, 0.25) is 5.91 Å². The zero-order valence-electron chi connectivity index (χ0n) is 12.5. The van der Waals surface area contributed by atoms with E-state index in [4.69, 9.17) is 9.47 Å². The van der Waals surface area contributed by atoms with Gasteiger partial charge in [0.05, 0.1) is 13.2 Å². The average molecular weight is 366 g/mol. The molecule has 1 aromatic rings. The molecule has 0 radical (unpaired) electrons. The maximum atomic E-state index is 12.8. The van der Waals surface area contributed by atoms with Crippen LogP contribution in [0.1, 0.15) is 24.0 Å². The molecule has 118 valence electrons. The molecule has 0 aromatic heterocycles. The third kappa shape index (κ3) is 2.59. The first-order valence-electron chi connectivity index (χ1n) is 7.99. The summed E-state index contributed by atoms with van der Waals surface area (Å²) >= 11 is 3.51. The van der Waals surface area contributed by atoms with Crippen LogP contribution in [0, 0.1) is 5.92 Å². The third-order valence-electron chi connectivity index (χ3n) is 5.10. The molecular weight excluding hydrogens is 346 g/mol. The quantitative estimate of drug-likeness (QED) is 0.767. The minimum Gasteiger partial charge on any atom is -0.347 e. The van der Waals surface area contributed by atoms with E-state index in [2.05, 4.69) is 34.1 Å². The maximum absolute atomic E-state index is 12.8. The van der Waals surface area contributed by atoms with E-state index in [1.54, 1.807) is 0 Å². The van der Waals surface area contributed by atoms with E-state index < -0.39 is 5.79 Å². The molecule has 1 spiro atoms. The number of likely N-dealkylation sites (tertiary alicyclic amines) is 1. The summed E-state index contributed by atoms with van der Waals surface area (Å²) in [5, 5.41) is 0. The highest BCUT2D eigenvalue weighted by Crippen LogP contribution is 2.34. The summed E-state index contributed by atoms with van der Waals surface area (Å²) in [5.41, 5.74) is 2.63. The zero-order valence-corrected chi connectivity index (χ0v) is 14.1. The molecule has 0 bridgehead atoms. The molecule has 2 aliphatic heterocycles. The van der Waals surface area contributed by atoms with Gasteiger partial charge in [-0.2, -0.15) is 0 Å². The molecule has 3 aliphatic rings. The molecule has 4 nitrogen and oxygen atoms in total. The Labute approximate surface area is 138 Å². The number of ether oxygens (including phenoxy) is 2. The molecule has 5 heteroatoms. The molecule has 0 N–H and O–H groups in total. The number of hydrogen-bond donors (Lipinski definition) is 0. The van der Waals surface area contributed by atoms with Crippen molar-refractivity contribution in [2.75, 3.05) is 26.3 Å². The Balaban J connectivity index is 1.39. The number of carbonyl (C=O) groups excluding carboxylic acids is 1. The Morgan fingerprint density at radius 3 is 2.55 bits per heavy atom. The molecule has 1 unspecified atom stereocenters. The smallest absolute Gasteiger partial charge is 0.226 e. The van der Waals surface area contributed by atoms with Crippen molar-refractivity contribution in [1.29, 1.82) is 0 Å². The average Bonchev–Trinajstić information content (AvgIpc) is 3.14. The molecule has 1 aliphatic carbocycles. The predicted molar refractivity (Wildman–Crippen MR) is 85.5 cm³/mol. The van der Waals surface area contributed by atoms with Crippen LogP contribution in [-0.2, 0) is 27.1 Å². The van der Waals surface area contributed by atoms with E-state index in [0.717, 1.165) is 43.2 Å². The molecule has 0 saturated carbocycles. The molecule has 2 saturated heterocycles. The van der Waals surface area contributed by atoms with Gasteiger partial charge in [0.15, 0.2) is 5.79 Å². The fourth-order valence-corrected chi connectivity index (χ4v) is 4.28. The first-order chi connectivity index (χ1) is 10.7. The van der Waals surface area contributed by atoms with Crippen molar-refractivity contribution in [2.45, 2.75) is 31.5 Å². The highest BCUT2D eigenvalue weighted by Gasteiger charge is 2.42. The van der Waals surface area contributed by atoms with Crippen LogP contribution >= 0.6 is 15.9 Å². The van der Waals surface area contributed by atoms with Crippen LogP contribution < -0.4 is 0 Å². The number of benzene rings is 1. The van der Waals surface area contributed by atoms with Crippen LogP contribution in [-0.4, -0.2) is 42.9 Å². The van der Waals surface area contributed by atoms with Gasteiger partial charge < -0.3 is 14.4 Å². The lowest BCUT2D eigenvalue weighted by atomic mass is 9.99. The predicted octanol–water partition coefficient (Wildman–Crippen LogP) is 2.53. The lowest BCUT2D eigenvalue weighted by Gasteiger charge is -2.38. The van der Waals surface area contributed by atoms with E-state index >= 15 is 0 Å².